The van der Waals surface area contributed by atoms with E-state index in [1.165, 1.54) is 0 Å². The van der Waals surface area contributed by atoms with Gasteiger partial charge in [0.1, 0.15) is 0 Å². The number of nitrogens with zero attached hydrogens (tertiary/aromatic N) is 2. The number of aromatic nitrogens is 2. The predicted octanol–water partition coefficient (Wildman–Crippen LogP) is 2.99. The summed E-state index contributed by atoms with van der Waals surface area (Å²) in [6, 6.07) is 7.73. The second-order valence-corrected chi connectivity index (χ2v) is 6.18. The van der Waals surface area contributed by atoms with Crippen molar-refractivity contribution in [2.45, 2.75) is 32.2 Å². The van der Waals surface area contributed by atoms with Gasteiger partial charge in [0, 0.05) is 11.1 Å². The molecule has 0 aliphatic carbocycles. The summed E-state index contributed by atoms with van der Waals surface area (Å²) in [7, 11) is 0. The smallest absolute Gasteiger partial charge is 0.254 e. The fourth-order valence-corrected chi connectivity index (χ4v) is 3.15. The van der Waals surface area contributed by atoms with Crippen LogP contribution < -0.4 is 10.6 Å². The number of amides is 1. The first-order valence-electron chi connectivity index (χ1n) is 8.03. The van der Waals surface area contributed by atoms with Crippen molar-refractivity contribution < 1.29 is 4.79 Å². The van der Waals surface area contributed by atoms with Gasteiger partial charge in [-0.05, 0) is 50.6 Å². The largest absolute Gasteiger partial charge is 0.349 e. The summed E-state index contributed by atoms with van der Waals surface area (Å²) in [5.74, 6) is -0.0398. The SMILES string of the molecule is CCc1c(C(=O)NC2CCNCC2)cnn1-c1cccc(Cl)c1.Cl. The van der Waals surface area contributed by atoms with Gasteiger partial charge in [0.2, 0.25) is 0 Å². The molecular formula is C17H22Cl2N4O. The standard InChI is InChI=1S/C17H21ClN4O.ClH/c1-2-16-15(17(23)21-13-6-8-19-9-7-13)11-20-22(16)14-5-3-4-12(18)10-14;/h3-5,10-11,13,19H,2,6-9H2,1H3,(H,21,23);1H. The zero-order valence-corrected chi connectivity index (χ0v) is 15.2. The minimum atomic E-state index is -0.0398. The number of hydrogen-bond acceptors (Lipinski definition) is 3. The zero-order chi connectivity index (χ0) is 16.2. The van der Waals surface area contributed by atoms with E-state index >= 15 is 0 Å². The van der Waals surface area contributed by atoms with Crippen molar-refractivity contribution in [3.8, 4) is 5.69 Å². The van der Waals surface area contributed by atoms with Crippen molar-refractivity contribution in [3.63, 3.8) is 0 Å². The number of carbonyl (C=O) groups is 1. The number of hydrogen-bond donors (Lipinski definition) is 2. The number of benzene rings is 1. The Morgan fingerprint density at radius 2 is 2.17 bits per heavy atom. The molecule has 2 aromatic rings. The summed E-state index contributed by atoms with van der Waals surface area (Å²) < 4.78 is 1.79. The highest BCUT2D eigenvalue weighted by atomic mass is 35.5. The molecule has 0 unspecified atom stereocenters. The Balaban J connectivity index is 0.00000208. The number of nitrogens with one attached hydrogen (secondary N) is 2. The Morgan fingerprint density at radius 1 is 1.42 bits per heavy atom. The van der Waals surface area contributed by atoms with Gasteiger partial charge in [-0.25, -0.2) is 4.68 Å². The molecule has 1 saturated heterocycles. The number of carbonyl (C=O) groups excluding carboxylic acids is 1. The maximum absolute atomic E-state index is 12.6. The van der Waals surface area contributed by atoms with Crippen LogP contribution in [0.3, 0.4) is 0 Å². The second-order valence-electron chi connectivity index (χ2n) is 5.75. The van der Waals surface area contributed by atoms with Crippen LogP contribution in [-0.2, 0) is 6.42 Å². The van der Waals surface area contributed by atoms with Crippen LogP contribution in [0.5, 0.6) is 0 Å². The molecule has 24 heavy (non-hydrogen) atoms. The van der Waals surface area contributed by atoms with Crippen LogP contribution in [0.1, 0.15) is 35.8 Å². The summed E-state index contributed by atoms with van der Waals surface area (Å²) in [5.41, 5.74) is 2.42. The fourth-order valence-electron chi connectivity index (χ4n) is 2.96. The van der Waals surface area contributed by atoms with E-state index in [0.717, 1.165) is 43.7 Å². The third kappa shape index (κ3) is 4.09. The van der Waals surface area contributed by atoms with Crippen LogP contribution >= 0.6 is 24.0 Å². The van der Waals surface area contributed by atoms with Crippen LogP contribution in [0.2, 0.25) is 5.02 Å². The Kier molecular flexibility index (Phi) is 6.66. The molecule has 3 rings (SSSR count). The normalized spacial score (nSPS) is 14.9. The second kappa shape index (κ2) is 8.51. The summed E-state index contributed by atoms with van der Waals surface area (Å²) in [6.07, 6.45) is 4.31. The molecule has 0 saturated carbocycles. The number of halogens is 2. The van der Waals surface area contributed by atoms with Crippen LogP contribution in [0.15, 0.2) is 30.5 Å². The van der Waals surface area contributed by atoms with Crippen molar-refractivity contribution in [2.24, 2.45) is 0 Å². The Labute approximate surface area is 153 Å². The molecule has 1 amide bonds. The van der Waals surface area contributed by atoms with Crippen molar-refractivity contribution in [1.82, 2.24) is 20.4 Å². The Morgan fingerprint density at radius 3 is 2.83 bits per heavy atom. The third-order valence-corrected chi connectivity index (χ3v) is 4.41. The molecule has 5 nitrogen and oxygen atoms in total. The molecule has 1 aliphatic heterocycles. The first-order chi connectivity index (χ1) is 11.2. The van der Waals surface area contributed by atoms with Crippen molar-refractivity contribution in [3.05, 3.63) is 46.7 Å². The van der Waals surface area contributed by atoms with Gasteiger partial charge in [0.15, 0.2) is 0 Å². The minimum absolute atomic E-state index is 0. The van der Waals surface area contributed by atoms with E-state index in [4.69, 9.17) is 11.6 Å². The molecule has 130 valence electrons. The van der Waals surface area contributed by atoms with Crippen LogP contribution in [-0.4, -0.2) is 34.8 Å². The average Bonchev–Trinajstić information content (AvgIpc) is 3.00. The highest BCUT2D eigenvalue weighted by Crippen LogP contribution is 2.19. The summed E-state index contributed by atoms with van der Waals surface area (Å²) >= 11 is 6.06. The van der Waals surface area contributed by atoms with Gasteiger partial charge in [-0.2, -0.15) is 5.10 Å². The van der Waals surface area contributed by atoms with Crippen LogP contribution in [0, 0.1) is 0 Å². The van der Waals surface area contributed by atoms with E-state index in [2.05, 4.69) is 15.7 Å². The summed E-state index contributed by atoms with van der Waals surface area (Å²) in [6.45, 7) is 3.93. The van der Waals surface area contributed by atoms with Crippen LogP contribution in [0.4, 0.5) is 0 Å². The lowest BCUT2D eigenvalue weighted by molar-refractivity contribution is 0.0928. The molecule has 0 spiro atoms. The van der Waals surface area contributed by atoms with Crippen molar-refractivity contribution in [1.29, 1.82) is 0 Å². The summed E-state index contributed by atoms with van der Waals surface area (Å²) in [4.78, 5) is 12.6. The van der Waals surface area contributed by atoms with Gasteiger partial charge in [0.05, 0.1) is 23.1 Å². The maximum atomic E-state index is 12.6. The van der Waals surface area contributed by atoms with E-state index in [-0.39, 0.29) is 24.4 Å². The van der Waals surface area contributed by atoms with Gasteiger partial charge in [0.25, 0.3) is 5.91 Å². The number of piperidine rings is 1. The van der Waals surface area contributed by atoms with Crippen molar-refractivity contribution in [2.75, 3.05) is 13.1 Å². The average molecular weight is 369 g/mol. The quantitative estimate of drug-likeness (QED) is 0.871. The lowest BCUT2D eigenvalue weighted by Crippen LogP contribution is -2.42. The molecule has 1 aromatic carbocycles. The van der Waals surface area contributed by atoms with Crippen molar-refractivity contribution >= 4 is 29.9 Å². The van der Waals surface area contributed by atoms with Gasteiger partial charge in [-0.3, -0.25) is 4.79 Å². The molecule has 2 heterocycles. The van der Waals surface area contributed by atoms with E-state index in [9.17, 15) is 4.79 Å². The molecular weight excluding hydrogens is 347 g/mol. The monoisotopic (exact) mass is 368 g/mol. The molecule has 2 N–H and O–H groups in total. The molecule has 1 aliphatic rings. The fraction of sp³-hybridized carbons (Fsp3) is 0.412. The molecule has 1 fully saturated rings. The van der Waals surface area contributed by atoms with E-state index in [0.29, 0.717) is 10.6 Å². The highest BCUT2D eigenvalue weighted by Gasteiger charge is 2.21. The summed E-state index contributed by atoms with van der Waals surface area (Å²) in [5, 5.41) is 11.5. The zero-order valence-electron chi connectivity index (χ0n) is 13.6. The first kappa shape index (κ1) is 18.8. The highest BCUT2D eigenvalue weighted by molar-refractivity contribution is 6.30. The molecule has 7 heteroatoms. The molecule has 0 radical (unpaired) electrons. The van der Waals surface area contributed by atoms with Gasteiger partial charge in [-0.15, -0.1) is 12.4 Å². The van der Waals surface area contributed by atoms with E-state index < -0.39 is 0 Å². The van der Waals surface area contributed by atoms with E-state index in [1.54, 1.807) is 10.9 Å². The third-order valence-electron chi connectivity index (χ3n) is 4.18. The van der Waals surface area contributed by atoms with Gasteiger partial charge >= 0.3 is 0 Å². The minimum Gasteiger partial charge on any atom is -0.349 e. The Bertz CT molecular complexity index is 696. The number of rotatable bonds is 4. The topological polar surface area (TPSA) is 59.0 Å². The molecule has 0 bridgehead atoms. The van der Waals surface area contributed by atoms with Gasteiger partial charge in [-0.1, -0.05) is 24.6 Å². The molecule has 1 aromatic heterocycles. The lowest BCUT2D eigenvalue weighted by atomic mass is 10.1. The Hall–Kier alpha value is -1.56. The van der Waals surface area contributed by atoms with Gasteiger partial charge < -0.3 is 10.6 Å². The van der Waals surface area contributed by atoms with E-state index in [1.807, 2.05) is 31.2 Å². The lowest BCUT2D eigenvalue weighted by Gasteiger charge is -2.23. The first-order valence-corrected chi connectivity index (χ1v) is 8.41. The predicted molar refractivity (Wildman–Crippen MR) is 98.6 cm³/mol. The maximum Gasteiger partial charge on any atom is 0.254 e. The molecule has 0 atom stereocenters. The van der Waals surface area contributed by atoms with Crippen LogP contribution in [0.25, 0.3) is 5.69 Å².